The van der Waals surface area contributed by atoms with E-state index in [1.165, 1.54) is 6.92 Å². The summed E-state index contributed by atoms with van der Waals surface area (Å²) in [7, 11) is 0. The first-order valence-electron chi connectivity index (χ1n) is 13.0. The highest BCUT2D eigenvalue weighted by molar-refractivity contribution is 5.73. The first kappa shape index (κ1) is 33.9. The fourth-order valence-electron chi connectivity index (χ4n) is 4.82. The summed E-state index contributed by atoms with van der Waals surface area (Å²) in [6.45, 7) is -1.11. The van der Waals surface area contributed by atoms with Crippen LogP contribution in [-0.4, -0.2) is 170 Å². The first-order valence-corrected chi connectivity index (χ1v) is 13.0. The van der Waals surface area contributed by atoms with E-state index in [2.05, 4.69) is 11.2 Å². The van der Waals surface area contributed by atoms with Crippen molar-refractivity contribution in [3.63, 3.8) is 0 Å². The number of aliphatic hydroxyl groups is 9. The Kier molecular flexibility index (Phi) is 12.6. The first-order chi connectivity index (χ1) is 19.5. The third-order valence-electron chi connectivity index (χ3n) is 7.00. The lowest BCUT2D eigenvalue weighted by Gasteiger charge is -2.48. The van der Waals surface area contributed by atoms with Crippen molar-refractivity contribution in [2.24, 2.45) is 0 Å². The monoisotopic (exact) mass is 597 g/mol. The smallest absolute Gasteiger partial charge is 0.217 e. The van der Waals surface area contributed by atoms with Crippen molar-refractivity contribution >= 4 is 5.91 Å². The van der Waals surface area contributed by atoms with Gasteiger partial charge in [-0.3, -0.25) is 4.79 Å². The van der Waals surface area contributed by atoms with E-state index < -0.39 is 118 Å². The molecule has 10 N–H and O–H groups in total. The van der Waals surface area contributed by atoms with Crippen LogP contribution in [0, 0.1) is 12.3 Å². The van der Waals surface area contributed by atoms with Gasteiger partial charge < -0.3 is 79.7 Å². The normalized spacial score (nSPS) is 45.1. The summed E-state index contributed by atoms with van der Waals surface area (Å²) in [6.07, 6.45) is -17.3. The Hall–Kier alpha value is -1.57. The highest BCUT2D eigenvalue weighted by Crippen LogP contribution is 2.32. The van der Waals surface area contributed by atoms with Crippen LogP contribution in [0.5, 0.6) is 0 Å². The average Bonchev–Trinajstić information content (AvgIpc) is 2.95. The van der Waals surface area contributed by atoms with Crippen LogP contribution in [0.4, 0.5) is 0 Å². The summed E-state index contributed by atoms with van der Waals surface area (Å²) in [6, 6.07) is -1.22. The van der Waals surface area contributed by atoms with E-state index >= 15 is 0 Å². The number of terminal acetylenes is 1. The van der Waals surface area contributed by atoms with Crippen molar-refractivity contribution in [1.82, 2.24) is 5.32 Å². The maximum absolute atomic E-state index is 11.8. The molecule has 3 heterocycles. The van der Waals surface area contributed by atoms with Crippen molar-refractivity contribution in [2.75, 3.05) is 26.4 Å². The zero-order valence-corrected chi connectivity index (χ0v) is 22.2. The van der Waals surface area contributed by atoms with Gasteiger partial charge in [0, 0.05) is 13.3 Å². The molecule has 3 saturated heterocycles. The van der Waals surface area contributed by atoms with E-state index in [1.54, 1.807) is 0 Å². The molecule has 0 radical (unpaired) electrons. The number of carbonyl (C=O) groups is 1. The van der Waals surface area contributed by atoms with Crippen molar-refractivity contribution in [1.29, 1.82) is 0 Å². The number of amides is 1. The largest absolute Gasteiger partial charge is 0.394 e. The molecule has 0 aliphatic carbocycles. The molecule has 236 valence electrons. The van der Waals surface area contributed by atoms with Crippen molar-refractivity contribution in [3.05, 3.63) is 0 Å². The number of rotatable bonds is 11. The van der Waals surface area contributed by atoms with Crippen LogP contribution in [0.15, 0.2) is 0 Å². The molecule has 15 atom stereocenters. The molecule has 3 aliphatic rings. The minimum Gasteiger partial charge on any atom is -0.394 e. The van der Waals surface area contributed by atoms with Crippen LogP contribution in [0.3, 0.4) is 0 Å². The van der Waals surface area contributed by atoms with Crippen molar-refractivity contribution in [3.8, 4) is 12.3 Å². The minimum atomic E-state index is -1.91. The Morgan fingerprint density at radius 2 is 1.27 bits per heavy atom. The Bertz CT molecular complexity index is 873. The Balaban J connectivity index is 1.81. The minimum absolute atomic E-state index is 0.00509. The van der Waals surface area contributed by atoms with Gasteiger partial charge in [0.2, 0.25) is 5.91 Å². The number of nitrogens with one attached hydrogen (secondary N) is 1. The van der Waals surface area contributed by atoms with Crippen molar-refractivity contribution < 1.29 is 79.2 Å². The molecule has 1 amide bonds. The molecule has 0 aromatic heterocycles. The molecule has 0 unspecified atom stereocenters. The summed E-state index contributed by atoms with van der Waals surface area (Å²) < 4.78 is 33.3. The number of ether oxygens (including phenoxy) is 6. The zero-order chi connectivity index (χ0) is 30.4. The maximum Gasteiger partial charge on any atom is 0.217 e. The summed E-state index contributed by atoms with van der Waals surface area (Å²) in [5.74, 6) is 1.80. The Morgan fingerprint density at radius 1 is 0.732 bits per heavy atom. The third kappa shape index (κ3) is 7.69. The second-order valence-electron chi connectivity index (χ2n) is 9.87. The standard InChI is InChI=1S/C24H39NO16/c1-3-4-5-36-22-13(25-9(2)29)16(32)20(12(8-28)39-22)40-24-19(35)21(15(31)11(7-27)38-24)41-23-18(34)17(33)14(30)10(6-26)37-23/h1,10-24,26-28,30-35H,4-8H2,2H3,(H,25,29)/t10-,11-,12-,13-,14+,15+,16-,17+,18-,19-,20-,21+,22-,23-,24+/m1/s1. The quantitative estimate of drug-likeness (QED) is 0.0784. The average molecular weight is 598 g/mol. The van der Waals surface area contributed by atoms with Crippen LogP contribution < -0.4 is 5.32 Å². The number of hydrogen-bond acceptors (Lipinski definition) is 16. The van der Waals surface area contributed by atoms with Gasteiger partial charge in [-0.25, -0.2) is 0 Å². The van der Waals surface area contributed by atoms with Crippen LogP contribution >= 0.6 is 0 Å². The molecule has 0 aromatic rings. The van der Waals surface area contributed by atoms with Gasteiger partial charge >= 0.3 is 0 Å². The lowest BCUT2D eigenvalue weighted by molar-refractivity contribution is -0.376. The van der Waals surface area contributed by atoms with Crippen LogP contribution in [0.2, 0.25) is 0 Å². The molecule has 17 heteroatoms. The van der Waals surface area contributed by atoms with Crippen LogP contribution in [0.25, 0.3) is 0 Å². The molecule has 3 rings (SSSR count). The molecule has 41 heavy (non-hydrogen) atoms. The molecular weight excluding hydrogens is 558 g/mol. The van der Waals surface area contributed by atoms with Gasteiger partial charge in [0.15, 0.2) is 18.9 Å². The summed E-state index contributed by atoms with van der Waals surface area (Å²) in [5, 5.41) is 94.9. The summed E-state index contributed by atoms with van der Waals surface area (Å²) in [4.78, 5) is 11.8. The number of aliphatic hydroxyl groups excluding tert-OH is 9. The van der Waals surface area contributed by atoms with E-state index in [1.807, 2.05) is 0 Å². The highest BCUT2D eigenvalue weighted by Gasteiger charge is 2.54. The van der Waals surface area contributed by atoms with Crippen molar-refractivity contribution in [2.45, 2.75) is 105 Å². The summed E-state index contributed by atoms with van der Waals surface area (Å²) in [5.41, 5.74) is 0. The molecule has 17 nitrogen and oxygen atoms in total. The molecule has 0 bridgehead atoms. The molecule has 0 aromatic carbocycles. The van der Waals surface area contributed by atoms with E-state index in [9.17, 15) is 50.8 Å². The predicted octanol–water partition coefficient (Wildman–Crippen LogP) is -6.38. The zero-order valence-electron chi connectivity index (χ0n) is 22.2. The van der Waals surface area contributed by atoms with E-state index in [0.29, 0.717) is 0 Å². The van der Waals surface area contributed by atoms with Gasteiger partial charge in [-0.2, -0.15) is 0 Å². The lowest BCUT2D eigenvalue weighted by atomic mass is 9.95. The molecule has 0 saturated carbocycles. The van der Waals surface area contributed by atoms with Gasteiger partial charge in [0.1, 0.15) is 73.2 Å². The molecule has 3 aliphatic heterocycles. The Labute approximate surface area is 235 Å². The summed E-state index contributed by atoms with van der Waals surface area (Å²) >= 11 is 0. The van der Waals surface area contributed by atoms with Gasteiger partial charge in [-0.15, -0.1) is 12.3 Å². The van der Waals surface area contributed by atoms with Gasteiger partial charge in [0.25, 0.3) is 0 Å². The number of carbonyl (C=O) groups excluding carboxylic acids is 1. The van der Waals surface area contributed by atoms with Gasteiger partial charge in [0.05, 0.1) is 26.4 Å². The predicted molar refractivity (Wildman–Crippen MR) is 130 cm³/mol. The second kappa shape index (κ2) is 15.2. The third-order valence-corrected chi connectivity index (χ3v) is 7.00. The lowest BCUT2D eigenvalue weighted by Crippen LogP contribution is -2.68. The molecule has 3 fully saturated rings. The fraction of sp³-hybridized carbons (Fsp3) is 0.875. The van der Waals surface area contributed by atoms with E-state index in [4.69, 9.17) is 34.8 Å². The van der Waals surface area contributed by atoms with Gasteiger partial charge in [-0.05, 0) is 0 Å². The SMILES string of the molecule is C#CCCO[C@@H]1O[C@H](CO)[C@@H](O[C@@H]2O[C@H](CO)[C@H](O)[C@H](O[C@H]3O[C@H](CO)[C@H](O)[C@H](O)[C@H]3O)[C@H]2O)[C@H](O)[C@H]1NC(C)=O. The van der Waals surface area contributed by atoms with E-state index in [0.717, 1.165) is 0 Å². The number of hydrogen-bond donors (Lipinski definition) is 10. The highest BCUT2D eigenvalue weighted by atomic mass is 16.8. The fourth-order valence-corrected chi connectivity index (χ4v) is 4.82. The molecule has 0 spiro atoms. The van der Waals surface area contributed by atoms with Crippen LogP contribution in [0.1, 0.15) is 13.3 Å². The van der Waals surface area contributed by atoms with Gasteiger partial charge in [-0.1, -0.05) is 0 Å². The topological polar surface area (TPSA) is 267 Å². The Morgan fingerprint density at radius 3 is 1.83 bits per heavy atom. The second-order valence-corrected chi connectivity index (χ2v) is 9.87. The molecular formula is C24H39NO16. The maximum atomic E-state index is 11.8. The van der Waals surface area contributed by atoms with E-state index in [-0.39, 0.29) is 13.0 Å². The van der Waals surface area contributed by atoms with Crippen LogP contribution in [-0.2, 0) is 33.2 Å².